The van der Waals surface area contributed by atoms with E-state index in [0.717, 1.165) is 0 Å². The summed E-state index contributed by atoms with van der Waals surface area (Å²) < 4.78 is 5.25. The number of thiazole rings is 1. The Morgan fingerprint density at radius 2 is 2.21 bits per heavy atom. The second-order valence-electron chi connectivity index (χ2n) is 4.44. The van der Waals surface area contributed by atoms with Gasteiger partial charge in [0.2, 0.25) is 0 Å². The number of amides is 1. The van der Waals surface area contributed by atoms with Gasteiger partial charge in [-0.05, 0) is 19.8 Å². The molecule has 1 aliphatic heterocycles. The minimum absolute atomic E-state index is 0.0705. The molecule has 0 bridgehead atoms. The van der Waals surface area contributed by atoms with Crippen molar-refractivity contribution < 1.29 is 19.4 Å². The highest BCUT2D eigenvalue weighted by molar-refractivity contribution is 7.11. The number of ether oxygens (including phenoxy) is 1. The average molecular weight is 284 g/mol. The fourth-order valence-corrected chi connectivity index (χ4v) is 2.90. The third kappa shape index (κ3) is 3.30. The number of aromatic nitrogens is 1. The topological polar surface area (TPSA) is 79.7 Å². The van der Waals surface area contributed by atoms with Gasteiger partial charge in [0.25, 0.3) is 5.91 Å². The first kappa shape index (κ1) is 14.0. The van der Waals surface area contributed by atoms with E-state index in [2.05, 4.69) is 4.98 Å². The Balaban J connectivity index is 2.19. The molecule has 1 saturated heterocycles. The summed E-state index contributed by atoms with van der Waals surface area (Å²) in [7, 11) is 0. The molecule has 2 heterocycles. The third-order valence-corrected chi connectivity index (χ3v) is 4.05. The summed E-state index contributed by atoms with van der Waals surface area (Å²) in [5, 5.41) is 8.99. The summed E-state index contributed by atoms with van der Waals surface area (Å²) in [6.07, 6.45) is 1.35. The number of carbonyl (C=O) groups is 2. The van der Waals surface area contributed by atoms with Crippen molar-refractivity contribution in [1.29, 1.82) is 0 Å². The van der Waals surface area contributed by atoms with Crippen molar-refractivity contribution in [2.45, 2.75) is 25.8 Å². The van der Waals surface area contributed by atoms with Gasteiger partial charge in [0.15, 0.2) is 0 Å². The Kier molecular flexibility index (Phi) is 4.49. The largest absolute Gasteiger partial charge is 0.480 e. The lowest BCUT2D eigenvalue weighted by molar-refractivity contribution is -0.138. The van der Waals surface area contributed by atoms with E-state index < -0.39 is 5.97 Å². The summed E-state index contributed by atoms with van der Waals surface area (Å²) in [6, 6.07) is -0.0705. The van der Waals surface area contributed by atoms with Crippen molar-refractivity contribution in [3.05, 3.63) is 16.1 Å². The Morgan fingerprint density at radius 3 is 2.74 bits per heavy atom. The van der Waals surface area contributed by atoms with Gasteiger partial charge in [-0.15, -0.1) is 11.3 Å². The zero-order chi connectivity index (χ0) is 13.8. The van der Waals surface area contributed by atoms with Crippen molar-refractivity contribution in [3.8, 4) is 0 Å². The van der Waals surface area contributed by atoms with Gasteiger partial charge in [-0.1, -0.05) is 0 Å². The third-order valence-electron chi connectivity index (χ3n) is 3.14. The number of hydrogen-bond donors (Lipinski definition) is 1. The molecule has 104 valence electrons. The van der Waals surface area contributed by atoms with Crippen LogP contribution in [-0.4, -0.2) is 52.7 Å². The number of carbonyl (C=O) groups excluding carboxylic acids is 1. The van der Waals surface area contributed by atoms with E-state index in [-0.39, 0.29) is 18.5 Å². The summed E-state index contributed by atoms with van der Waals surface area (Å²) >= 11 is 1.25. The van der Waals surface area contributed by atoms with Crippen LogP contribution in [0.1, 0.15) is 28.2 Å². The zero-order valence-corrected chi connectivity index (χ0v) is 11.5. The second kappa shape index (κ2) is 6.12. The van der Waals surface area contributed by atoms with Crippen LogP contribution in [0.5, 0.6) is 0 Å². The van der Waals surface area contributed by atoms with E-state index in [1.54, 1.807) is 12.4 Å². The van der Waals surface area contributed by atoms with Crippen molar-refractivity contribution >= 4 is 23.2 Å². The maximum atomic E-state index is 12.5. The normalized spacial score (nSPS) is 16.3. The molecule has 19 heavy (non-hydrogen) atoms. The minimum Gasteiger partial charge on any atom is -0.480 e. The highest BCUT2D eigenvalue weighted by atomic mass is 32.1. The Labute approximate surface area is 115 Å². The van der Waals surface area contributed by atoms with Crippen LogP contribution in [0.25, 0.3) is 0 Å². The molecule has 1 amide bonds. The van der Waals surface area contributed by atoms with Crippen molar-refractivity contribution in [2.75, 3.05) is 19.8 Å². The van der Waals surface area contributed by atoms with Gasteiger partial charge in [-0.25, -0.2) is 4.98 Å². The van der Waals surface area contributed by atoms with Gasteiger partial charge >= 0.3 is 5.97 Å². The van der Waals surface area contributed by atoms with E-state index >= 15 is 0 Å². The molecule has 0 aliphatic carbocycles. The number of rotatable bonds is 4. The van der Waals surface area contributed by atoms with E-state index in [4.69, 9.17) is 9.84 Å². The summed E-state index contributed by atoms with van der Waals surface area (Å²) in [4.78, 5) is 29.4. The van der Waals surface area contributed by atoms with Crippen LogP contribution in [0.4, 0.5) is 0 Å². The van der Waals surface area contributed by atoms with Crippen molar-refractivity contribution in [2.24, 2.45) is 0 Å². The van der Waals surface area contributed by atoms with Crippen LogP contribution in [0.15, 0.2) is 5.51 Å². The number of carboxylic acid groups (broad SMARTS) is 1. The number of hydrogen-bond acceptors (Lipinski definition) is 5. The molecule has 1 aromatic heterocycles. The number of aryl methyl sites for hydroxylation is 1. The fourth-order valence-electron chi connectivity index (χ4n) is 2.15. The molecule has 1 aliphatic rings. The van der Waals surface area contributed by atoms with Gasteiger partial charge < -0.3 is 14.7 Å². The first-order valence-corrected chi connectivity index (χ1v) is 6.98. The SMILES string of the molecule is Cc1ncsc1C(=O)N(CC(=O)O)C1CCOCC1. The highest BCUT2D eigenvalue weighted by Crippen LogP contribution is 2.21. The molecule has 6 nitrogen and oxygen atoms in total. The molecule has 0 aromatic carbocycles. The van der Waals surface area contributed by atoms with Crippen LogP contribution < -0.4 is 0 Å². The molecular weight excluding hydrogens is 268 g/mol. The van der Waals surface area contributed by atoms with Crippen molar-refractivity contribution in [1.82, 2.24) is 9.88 Å². The van der Waals surface area contributed by atoms with Crippen LogP contribution in [-0.2, 0) is 9.53 Å². The van der Waals surface area contributed by atoms with Gasteiger partial charge in [0.1, 0.15) is 11.4 Å². The van der Waals surface area contributed by atoms with E-state index in [1.807, 2.05) is 0 Å². The smallest absolute Gasteiger partial charge is 0.323 e. The molecule has 0 saturated carbocycles. The van der Waals surface area contributed by atoms with Gasteiger partial charge in [0, 0.05) is 19.3 Å². The molecule has 1 aromatic rings. The Bertz CT molecular complexity index is 468. The van der Waals surface area contributed by atoms with Crippen LogP contribution >= 0.6 is 11.3 Å². The van der Waals surface area contributed by atoms with Crippen LogP contribution in [0.2, 0.25) is 0 Å². The zero-order valence-electron chi connectivity index (χ0n) is 10.7. The molecule has 7 heteroatoms. The Morgan fingerprint density at radius 1 is 1.53 bits per heavy atom. The number of aliphatic carboxylic acids is 1. The Hall–Kier alpha value is -1.47. The van der Waals surface area contributed by atoms with Crippen LogP contribution in [0.3, 0.4) is 0 Å². The van der Waals surface area contributed by atoms with E-state index in [9.17, 15) is 9.59 Å². The quantitative estimate of drug-likeness (QED) is 0.897. The summed E-state index contributed by atoms with van der Waals surface area (Å²) in [5.41, 5.74) is 2.25. The molecule has 0 unspecified atom stereocenters. The van der Waals surface area contributed by atoms with Crippen molar-refractivity contribution in [3.63, 3.8) is 0 Å². The van der Waals surface area contributed by atoms with Crippen LogP contribution in [0, 0.1) is 6.92 Å². The lowest BCUT2D eigenvalue weighted by Gasteiger charge is -2.33. The monoisotopic (exact) mass is 284 g/mol. The standard InChI is InChI=1S/C12H16N2O4S/c1-8-11(19-7-13-8)12(17)14(6-10(15)16)9-2-4-18-5-3-9/h7,9H,2-6H2,1H3,(H,15,16). The lowest BCUT2D eigenvalue weighted by Crippen LogP contribution is -2.46. The fraction of sp³-hybridized carbons (Fsp3) is 0.583. The van der Waals surface area contributed by atoms with E-state index in [1.165, 1.54) is 16.2 Å². The first-order valence-electron chi connectivity index (χ1n) is 6.10. The molecular formula is C12H16N2O4S. The maximum Gasteiger partial charge on any atom is 0.323 e. The molecule has 0 spiro atoms. The summed E-state index contributed by atoms with van der Waals surface area (Å²) in [6.45, 7) is 2.61. The van der Waals surface area contributed by atoms with Gasteiger partial charge in [-0.2, -0.15) is 0 Å². The van der Waals surface area contributed by atoms with E-state index in [0.29, 0.717) is 36.6 Å². The number of nitrogens with zero attached hydrogens (tertiary/aromatic N) is 2. The first-order chi connectivity index (χ1) is 9.09. The predicted octanol–water partition coefficient (Wildman–Crippen LogP) is 1.16. The number of carboxylic acids is 1. The molecule has 0 atom stereocenters. The average Bonchev–Trinajstić information content (AvgIpc) is 2.82. The minimum atomic E-state index is -0.998. The second-order valence-corrected chi connectivity index (χ2v) is 5.29. The molecule has 0 radical (unpaired) electrons. The summed E-state index contributed by atoms with van der Waals surface area (Å²) in [5.74, 6) is -1.24. The highest BCUT2D eigenvalue weighted by Gasteiger charge is 2.29. The lowest BCUT2D eigenvalue weighted by atomic mass is 10.1. The molecule has 1 fully saturated rings. The van der Waals surface area contributed by atoms with Gasteiger partial charge in [0.05, 0.1) is 11.2 Å². The predicted molar refractivity (Wildman–Crippen MR) is 69.4 cm³/mol. The molecule has 2 rings (SSSR count). The molecule has 1 N–H and O–H groups in total. The maximum absolute atomic E-state index is 12.5. The van der Waals surface area contributed by atoms with Gasteiger partial charge in [-0.3, -0.25) is 9.59 Å².